The van der Waals surface area contributed by atoms with Gasteiger partial charge in [0, 0.05) is 25.2 Å². The van der Waals surface area contributed by atoms with E-state index in [1.807, 2.05) is 4.90 Å². The topological polar surface area (TPSA) is 75.9 Å². The second-order valence-corrected chi connectivity index (χ2v) is 7.00. The summed E-state index contributed by atoms with van der Waals surface area (Å²) in [6, 6.07) is 7.05. The summed E-state index contributed by atoms with van der Waals surface area (Å²) in [5.74, 6) is -0.377. The molecule has 1 aliphatic heterocycles. The Morgan fingerprint density at radius 1 is 1.19 bits per heavy atom. The van der Waals surface area contributed by atoms with Crippen molar-refractivity contribution in [3.63, 3.8) is 0 Å². The zero-order chi connectivity index (χ0) is 19.0. The van der Waals surface area contributed by atoms with E-state index in [0.29, 0.717) is 25.2 Å². The molecule has 142 valence electrons. The predicted molar refractivity (Wildman–Crippen MR) is 93.0 cm³/mol. The van der Waals surface area contributed by atoms with Crippen LogP contribution in [0.15, 0.2) is 34.9 Å². The summed E-state index contributed by atoms with van der Waals surface area (Å²) in [5.41, 5.74) is 0.0890. The smallest absolute Gasteiger partial charge is 0.292 e. The van der Waals surface area contributed by atoms with Crippen LogP contribution >= 0.6 is 0 Å². The lowest BCUT2D eigenvalue weighted by molar-refractivity contribution is -0.0312. The monoisotopic (exact) mass is 373 g/mol. The summed E-state index contributed by atoms with van der Waals surface area (Å²) in [6.45, 7) is 1.27. The molecule has 1 aromatic carbocycles. The van der Waals surface area contributed by atoms with Gasteiger partial charge in [-0.3, -0.25) is 9.59 Å². The molecule has 2 aromatic rings. The summed E-state index contributed by atoms with van der Waals surface area (Å²) in [7, 11) is 1.45. The van der Waals surface area contributed by atoms with Gasteiger partial charge in [0.15, 0.2) is 0 Å². The van der Waals surface area contributed by atoms with Crippen molar-refractivity contribution in [1.29, 1.82) is 0 Å². The van der Waals surface area contributed by atoms with Crippen LogP contribution < -0.4 is 4.74 Å². The lowest BCUT2D eigenvalue weighted by Crippen LogP contribution is -2.67. The Hall–Kier alpha value is -2.90. The minimum absolute atomic E-state index is 0.122. The third kappa shape index (κ3) is 3.05. The van der Waals surface area contributed by atoms with Gasteiger partial charge in [-0.2, -0.15) is 0 Å². The number of aromatic nitrogens is 1. The van der Waals surface area contributed by atoms with Gasteiger partial charge in [0.25, 0.3) is 17.7 Å². The number of amides is 2. The van der Waals surface area contributed by atoms with Crippen LogP contribution in [0.3, 0.4) is 0 Å². The van der Waals surface area contributed by atoms with Gasteiger partial charge in [-0.1, -0.05) is 0 Å². The quantitative estimate of drug-likeness (QED) is 0.826. The maximum absolute atomic E-state index is 13.2. The van der Waals surface area contributed by atoms with E-state index in [-0.39, 0.29) is 34.8 Å². The first-order valence-electron chi connectivity index (χ1n) is 8.90. The van der Waals surface area contributed by atoms with Crippen molar-refractivity contribution in [3.05, 3.63) is 47.5 Å². The fraction of sp³-hybridized carbons (Fsp3) is 0.421. The molecule has 2 aliphatic rings. The van der Waals surface area contributed by atoms with E-state index >= 15 is 0 Å². The molecule has 1 saturated heterocycles. The Balaban J connectivity index is 1.52. The number of nitrogens with zero attached hydrogens (tertiary/aromatic N) is 3. The van der Waals surface area contributed by atoms with E-state index in [9.17, 15) is 14.0 Å². The van der Waals surface area contributed by atoms with Crippen LogP contribution in [0.2, 0.25) is 0 Å². The highest BCUT2D eigenvalue weighted by atomic mass is 19.1. The summed E-state index contributed by atoms with van der Waals surface area (Å²) < 4.78 is 23.2. The number of piperazine rings is 1. The second kappa shape index (κ2) is 6.68. The van der Waals surface area contributed by atoms with E-state index in [2.05, 4.69) is 5.16 Å². The van der Waals surface area contributed by atoms with Gasteiger partial charge in [-0.15, -0.1) is 0 Å². The summed E-state index contributed by atoms with van der Waals surface area (Å²) >= 11 is 0. The van der Waals surface area contributed by atoms with Crippen molar-refractivity contribution >= 4 is 11.8 Å². The number of rotatable bonds is 3. The molecule has 0 unspecified atom stereocenters. The molecule has 0 N–H and O–H groups in total. The Morgan fingerprint density at radius 2 is 1.93 bits per heavy atom. The lowest BCUT2D eigenvalue weighted by atomic mass is 9.73. The molecule has 1 saturated carbocycles. The van der Waals surface area contributed by atoms with Gasteiger partial charge in [0.2, 0.25) is 5.76 Å². The van der Waals surface area contributed by atoms with Crippen molar-refractivity contribution in [3.8, 4) is 5.88 Å². The number of halogens is 1. The number of methoxy groups -OCH3 is 1. The van der Waals surface area contributed by atoms with E-state index in [0.717, 1.165) is 19.3 Å². The number of carbonyl (C=O) groups excluding carboxylic acids is 2. The maximum Gasteiger partial charge on any atom is 0.292 e. The average Bonchev–Trinajstić information content (AvgIpc) is 3.15. The van der Waals surface area contributed by atoms with Gasteiger partial charge < -0.3 is 19.1 Å². The SMILES string of the molecule is COc1cc(C(=O)N2CCN(C(=O)c3ccc(F)cc3)C3(CCC3)C2)on1. The molecular formula is C19H20FN3O4. The Morgan fingerprint density at radius 3 is 2.52 bits per heavy atom. The standard InChI is InChI=1S/C19H20FN3O4/c1-26-16-11-15(27-21-16)18(25)22-9-10-23(19(12-22)7-2-8-19)17(24)13-3-5-14(20)6-4-13/h3-6,11H,2,7-10,12H2,1H3. The number of benzene rings is 1. The van der Waals surface area contributed by atoms with Crippen molar-refractivity contribution in [1.82, 2.24) is 15.0 Å². The highest BCUT2D eigenvalue weighted by molar-refractivity contribution is 5.95. The van der Waals surface area contributed by atoms with Gasteiger partial charge >= 0.3 is 0 Å². The summed E-state index contributed by atoms with van der Waals surface area (Å²) in [4.78, 5) is 29.2. The van der Waals surface area contributed by atoms with Gasteiger partial charge in [0.1, 0.15) is 5.82 Å². The molecule has 2 fully saturated rings. The van der Waals surface area contributed by atoms with Crippen molar-refractivity contribution < 1.29 is 23.2 Å². The van der Waals surface area contributed by atoms with Crippen LogP contribution in [-0.4, -0.2) is 59.1 Å². The Bertz CT molecular complexity index is 860. The Labute approximate surface area is 155 Å². The molecule has 8 heteroatoms. The minimum atomic E-state index is -0.372. The molecule has 7 nitrogen and oxygen atoms in total. The average molecular weight is 373 g/mol. The molecule has 2 amide bonds. The van der Waals surface area contributed by atoms with Crippen molar-refractivity contribution in [2.75, 3.05) is 26.7 Å². The van der Waals surface area contributed by atoms with Gasteiger partial charge in [-0.25, -0.2) is 4.39 Å². The summed E-state index contributed by atoms with van der Waals surface area (Å²) in [5, 5.41) is 3.67. The van der Waals surface area contributed by atoms with E-state index in [1.54, 1.807) is 4.90 Å². The van der Waals surface area contributed by atoms with Gasteiger partial charge in [0.05, 0.1) is 18.7 Å². The van der Waals surface area contributed by atoms with E-state index in [1.165, 1.54) is 37.4 Å². The molecule has 0 radical (unpaired) electrons. The molecule has 0 atom stereocenters. The first-order chi connectivity index (χ1) is 13.0. The molecule has 27 heavy (non-hydrogen) atoms. The molecule has 4 rings (SSSR count). The first-order valence-corrected chi connectivity index (χ1v) is 8.90. The van der Waals surface area contributed by atoms with Crippen LogP contribution in [0.1, 0.15) is 40.2 Å². The van der Waals surface area contributed by atoms with E-state index < -0.39 is 0 Å². The fourth-order valence-electron chi connectivity index (χ4n) is 3.84. The van der Waals surface area contributed by atoms with Crippen molar-refractivity contribution in [2.45, 2.75) is 24.8 Å². The molecule has 1 aromatic heterocycles. The lowest BCUT2D eigenvalue weighted by Gasteiger charge is -2.55. The largest absolute Gasteiger partial charge is 0.479 e. The van der Waals surface area contributed by atoms with Crippen LogP contribution in [-0.2, 0) is 0 Å². The fourth-order valence-corrected chi connectivity index (χ4v) is 3.84. The Kier molecular flexibility index (Phi) is 4.33. The maximum atomic E-state index is 13.2. The summed E-state index contributed by atoms with van der Waals surface area (Å²) in [6.07, 6.45) is 2.68. The third-order valence-electron chi connectivity index (χ3n) is 5.47. The molecule has 1 spiro atoms. The zero-order valence-electron chi connectivity index (χ0n) is 15.0. The second-order valence-electron chi connectivity index (χ2n) is 7.00. The van der Waals surface area contributed by atoms with E-state index in [4.69, 9.17) is 9.26 Å². The first kappa shape index (κ1) is 17.5. The predicted octanol–water partition coefficient (Wildman–Crippen LogP) is 2.34. The molecule has 0 bridgehead atoms. The number of ether oxygens (including phenoxy) is 1. The molecule has 1 aliphatic carbocycles. The number of hydrogen-bond donors (Lipinski definition) is 0. The molecular weight excluding hydrogens is 353 g/mol. The minimum Gasteiger partial charge on any atom is -0.479 e. The van der Waals surface area contributed by atoms with Crippen LogP contribution in [0.4, 0.5) is 4.39 Å². The number of hydrogen-bond acceptors (Lipinski definition) is 5. The van der Waals surface area contributed by atoms with Crippen LogP contribution in [0, 0.1) is 5.82 Å². The van der Waals surface area contributed by atoms with Crippen LogP contribution in [0.5, 0.6) is 5.88 Å². The van der Waals surface area contributed by atoms with Gasteiger partial charge in [-0.05, 0) is 48.7 Å². The normalized spacial score (nSPS) is 18.3. The molecule has 2 heterocycles. The zero-order valence-corrected chi connectivity index (χ0v) is 15.0. The highest BCUT2D eigenvalue weighted by Crippen LogP contribution is 2.41. The highest BCUT2D eigenvalue weighted by Gasteiger charge is 2.49. The van der Waals surface area contributed by atoms with Crippen LogP contribution in [0.25, 0.3) is 0 Å². The third-order valence-corrected chi connectivity index (χ3v) is 5.47. The number of carbonyl (C=O) groups is 2. The van der Waals surface area contributed by atoms with Crippen molar-refractivity contribution in [2.24, 2.45) is 0 Å².